The molecule has 0 aliphatic carbocycles. The minimum atomic E-state index is -4.44. The first-order chi connectivity index (χ1) is 7.73. The number of carboxylic acids is 1. The van der Waals surface area contributed by atoms with Gasteiger partial charge in [-0.2, -0.15) is 13.2 Å². The van der Waals surface area contributed by atoms with Gasteiger partial charge in [0.1, 0.15) is 6.04 Å². The molecule has 7 heteroatoms. The summed E-state index contributed by atoms with van der Waals surface area (Å²) in [7, 11) is 0. The molecule has 1 rings (SSSR count). The number of carboxylic acid groups (broad SMARTS) is 1. The second-order valence-electron chi connectivity index (χ2n) is 4.15. The molecular formula is C10H14F3NO3. The highest BCUT2D eigenvalue weighted by Gasteiger charge is 2.50. The maximum Gasteiger partial charge on any atom is 0.408 e. The van der Waals surface area contributed by atoms with Crippen molar-refractivity contribution >= 4 is 11.9 Å². The van der Waals surface area contributed by atoms with E-state index >= 15 is 0 Å². The summed E-state index contributed by atoms with van der Waals surface area (Å²) in [6, 6.07) is -2.38. The van der Waals surface area contributed by atoms with Gasteiger partial charge in [0, 0.05) is 19.4 Å². The van der Waals surface area contributed by atoms with Crippen molar-refractivity contribution in [1.82, 2.24) is 4.90 Å². The van der Waals surface area contributed by atoms with E-state index in [2.05, 4.69) is 0 Å². The van der Waals surface area contributed by atoms with Gasteiger partial charge in [-0.25, -0.2) is 0 Å². The summed E-state index contributed by atoms with van der Waals surface area (Å²) < 4.78 is 37.9. The van der Waals surface area contributed by atoms with E-state index in [1.807, 2.05) is 0 Å². The van der Waals surface area contributed by atoms with Gasteiger partial charge in [-0.05, 0) is 19.3 Å². The lowest BCUT2D eigenvalue weighted by molar-refractivity contribution is -0.185. The summed E-state index contributed by atoms with van der Waals surface area (Å²) in [5, 5.41) is 8.50. The second-order valence-corrected chi connectivity index (χ2v) is 4.15. The Morgan fingerprint density at radius 3 is 2.35 bits per heavy atom. The lowest BCUT2D eigenvalue weighted by Gasteiger charge is -2.30. The Morgan fingerprint density at radius 1 is 1.35 bits per heavy atom. The van der Waals surface area contributed by atoms with Crippen molar-refractivity contribution in [2.24, 2.45) is 0 Å². The van der Waals surface area contributed by atoms with Gasteiger partial charge in [-0.1, -0.05) is 0 Å². The number of alkyl halides is 3. The Balaban J connectivity index is 2.74. The van der Waals surface area contributed by atoms with E-state index in [9.17, 15) is 22.8 Å². The van der Waals surface area contributed by atoms with Crippen LogP contribution in [0.3, 0.4) is 0 Å². The minimum absolute atomic E-state index is 0.0709. The molecule has 0 saturated carbocycles. The molecule has 98 valence electrons. The van der Waals surface area contributed by atoms with Crippen molar-refractivity contribution in [3.8, 4) is 0 Å². The molecule has 1 aliphatic rings. The molecule has 1 N–H and O–H groups in total. The molecule has 0 spiro atoms. The van der Waals surface area contributed by atoms with Crippen molar-refractivity contribution < 1.29 is 27.9 Å². The standard InChI is InChI=1S/C10H14F3NO3/c1-6(15)14-7(3-5-9(16)17)2-4-8(14)10(11,12)13/h7-8H,2-5H2,1H3,(H,16,17)/t7-,8+/m1/s1. The SMILES string of the molecule is CC(=O)N1[C@@H](CCC(=O)O)CC[C@H]1C(F)(F)F. The molecule has 1 aliphatic heterocycles. The van der Waals surface area contributed by atoms with Crippen LogP contribution in [0.5, 0.6) is 0 Å². The van der Waals surface area contributed by atoms with Crippen LogP contribution in [0.25, 0.3) is 0 Å². The zero-order valence-electron chi connectivity index (χ0n) is 9.33. The highest BCUT2D eigenvalue weighted by molar-refractivity contribution is 5.74. The average Bonchev–Trinajstić information content (AvgIpc) is 2.57. The molecule has 17 heavy (non-hydrogen) atoms. The normalized spacial score (nSPS) is 25.1. The largest absolute Gasteiger partial charge is 0.481 e. The molecule has 0 bridgehead atoms. The fourth-order valence-corrected chi connectivity index (χ4v) is 2.25. The summed E-state index contributed by atoms with van der Waals surface area (Å²) in [6.45, 7) is 1.08. The number of carbonyl (C=O) groups is 2. The predicted octanol–water partition coefficient (Wildman–Crippen LogP) is 1.79. The van der Waals surface area contributed by atoms with Gasteiger partial charge in [0.25, 0.3) is 0 Å². The Morgan fingerprint density at radius 2 is 1.94 bits per heavy atom. The van der Waals surface area contributed by atoms with Gasteiger partial charge in [0.05, 0.1) is 0 Å². The molecule has 1 saturated heterocycles. The Kier molecular flexibility index (Phi) is 4.00. The third-order valence-corrected chi connectivity index (χ3v) is 2.94. The quantitative estimate of drug-likeness (QED) is 0.834. The Hall–Kier alpha value is -1.27. The number of rotatable bonds is 3. The number of likely N-dealkylation sites (tertiary alicyclic amines) is 1. The highest BCUT2D eigenvalue weighted by Crippen LogP contribution is 2.37. The van der Waals surface area contributed by atoms with Crippen LogP contribution in [-0.4, -0.2) is 40.1 Å². The van der Waals surface area contributed by atoms with Crippen LogP contribution in [0.15, 0.2) is 0 Å². The smallest absolute Gasteiger partial charge is 0.408 e. The van der Waals surface area contributed by atoms with Crippen LogP contribution in [0.2, 0.25) is 0 Å². The van der Waals surface area contributed by atoms with Crippen LogP contribution < -0.4 is 0 Å². The van der Waals surface area contributed by atoms with Gasteiger partial charge < -0.3 is 10.0 Å². The van der Waals surface area contributed by atoms with Crippen LogP contribution in [0.4, 0.5) is 13.2 Å². The zero-order valence-corrected chi connectivity index (χ0v) is 9.33. The molecule has 1 fully saturated rings. The van der Waals surface area contributed by atoms with Gasteiger partial charge >= 0.3 is 12.1 Å². The first kappa shape index (κ1) is 13.8. The summed E-state index contributed by atoms with van der Waals surface area (Å²) in [6.07, 6.45) is -4.53. The number of carbonyl (C=O) groups excluding carboxylic acids is 1. The van der Waals surface area contributed by atoms with Crippen molar-refractivity contribution in [3.63, 3.8) is 0 Å². The molecular weight excluding hydrogens is 239 g/mol. The molecule has 0 aromatic carbocycles. The van der Waals surface area contributed by atoms with Crippen LogP contribution in [0, 0.1) is 0 Å². The molecule has 1 amide bonds. The molecule has 0 aromatic rings. The number of nitrogens with zero attached hydrogens (tertiary/aromatic N) is 1. The van der Waals surface area contributed by atoms with E-state index in [-0.39, 0.29) is 25.7 Å². The second kappa shape index (κ2) is 4.93. The van der Waals surface area contributed by atoms with E-state index in [1.165, 1.54) is 0 Å². The number of hydrogen-bond acceptors (Lipinski definition) is 2. The van der Waals surface area contributed by atoms with Gasteiger partial charge in [-0.15, -0.1) is 0 Å². The van der Waals surface area contributed by atoms with Crippen LogP contribution >= 0.6 is 0 Å². The maximum atomic E-state index is 12.6. The van der Waals surface area contributed by atoms with Crippen molar-refractivity contribution in [2.45, 2.75) is 50.9 Å². The van der Waals surface area contributed by atoms with Crippen LogP contribution in [-0.2, 0) is 9.59 Å². The zero-order chi connectivity index (χ0) is 13.2. The third-order valence-electron chi connectivity index (χ3n) is 2.94. The minimum Gasteiger partial charge on any atom is -0.481 e. The van der Waals surface area contributed by atoms with E-state index in [1.54, 1.807) is 0 Å². The number of aliphatic carboxylic acids is 1. The Bertz CT molecular complexity index is 316. The number of amides is 1. The van der Waals surface area contributed by atoms with Gasteiger partial charge in [0.2, 0.25) is 5.91 Å². The summed E-state index contributed by atoms with van der Waals surface area (Å²) in [4.78, 5) is 22.4. The predicted molar refractivity (Wildman–Crippen MR) is 52.3 cm³/mol. The monoisotopic (exact) mass is 253 g/mol. The Labute approximate surface area is 96.4 Å². The molecule has 4 nitrogen and oxygen atoms in total. The molecule has 0 aromatic heterocycles. The topological polar surface area (TPSA) is 57.6 Å². The van der Waals surface area contributed by atoms with E-state index < -0.39 is 30.1 Å². The average molecular weight is 253 g/mol. The van der Waals surface area contributed by atoms with Crippen molar-refractivity contribution in [1.29, 1.82) is 0 Å². The molecule has 0 radical (unpaired) electrons. The fraction of sp³-hybridized carbons (Fsp3) is 0.800. The van der Waals surface area contributed by atoms with E-state index in [0.29, 0.717) is 0 Å². The highest BCUT2D eigenvalue weighted by atomic mass is 19.4. The molecule has 0 unspecified atom stereocenters. The maximum absolute atomic E-state index is 12.6. The van der Waals surface area contributed by atoms with E-state index in [4.69, 9.17) is 5.11 Å². The van der Waals surface area contributed by atoms with Gasteiger partial charge in [0.15, 0.2) is 0 Å². The fourth-order valence-electron chi connectivity index (χ4n) is 2.25. The van der Waals surface area contributed by atoms with Crippen molar-refractivity contribution in [2.75, 3.05) is 0 Å². The molecule has 1 heterocycles. The third kappa shape index (κ3) is 3.34. The summed E-state index contributed by atoms with van der Waals surface area (Å²) >= 11 is 0. The lowest BCUT2D eigenvalue weighted by atomic mass is 10.1. The van der Waals surface area contributed by atoms with Crippen LogP contribution in [0.1, 0.15) is 32.6 Å². The summed E-state index contributed by atoms with van der Waals surface area (Å²) in [5.41, 5.74) is 0. The molecule has 2 atom stereocenters. The van der Waals surface area contributed by atoms with E-state index in [0.717, 1.165) is 11.8 Å². The number of halogens is 3. The first-order valence-corrected chi connectivity index (χ1v) is 5.31. The first-order valence-electron chi connectivity index (χ1n) is 5.31. The number of hydrogen-bond donors (Lipinski definition) is 1. The van der Waals surface area contributed by atoms with Crippen molar-refractivity contribution in [3.05, 3.63) is 0 Å². The lowest BCUT2D eigenvalue weighted by Crippen LogP contribution is -2.47. The van der Waals surface area contributed by atoms with Gasteiger partial charge in [-0.3, -0.25) is 9.59 Å². The summed E-state index contributed by atoms with van der Waals surface area (Å²) in [5.74, 6) is -1.72.